The van der Waals surface area contributed by atoms with Gasteiger partial charge in [-0.15, -0.1) is 0 Å². The number of aryl methyl sites for hydroxylation is 1. The van der Waals surface area contributed by atoms with E-state index in [9.17, 15) is 0 Å². The van der Waals surface area contributed by atoms with Crippen molar-refractivity contribution in [3.8, 4) is 0 Å². The molecule has 0 N–H and O–H groups in total. The van der Waals surface area contributed by atoms with Gasteiger partial charge in [-0.1, -0.05) is 47.0 Å². The molecule has 0 saturated heterocycles. The van der Waals surface area contributed by atoms with Crippen LogP contribution >= 0.6 is 15.9 Å². The minimum Gasteiger partial charge on any atom is -0.347 e. The van der Waals surface area contributed by atoms with Gasteiger partial charge in [-0.05, 0) is 30.4 Å². The first kappa shape index (κ1) is 11.7. The Balaban J connectivity index is 1.89. The van der Waals surface area contributed by atoms with Crippen LogP contribution in [0.1, 0.15) is 25.7 Å². The van der Waals surface area contributed by atoms with Gasteiger partial charge in [0.25, 0.3) is 0 Å². The first-order valence-corrected chi connectivity index (χ1v) is 7.14. The summed E-state index contributed by atoms with van der Waals surface area (Å²) in [6.07, 6.45) is 7.45. The highest BCUT2D eigenvalue weighted by atomic mass is 79.9. The average molecular weight is 280 g/mol. The fraction of sp³-hybridized carbons (Fsp3) is 0.429. The topological polar surface area (TPSA) is 4.93 Å². The van der Waals surface area contributed by atoms with Crippen LogP contribution in [-0.4, -0.2) is 9.90 Å². The van der Waals surface area contributed by atoms with E-state index in [1.165, 1.54) is 36.6 Å². The number of para-hydroxylation sites is 1. The van der Waals surface area contributed by atoms with E-state index >= 15 is 0 Å². The Morgan fingerprint density at radius 3 is 2.62 bits per heavy atom. The molecule has 0 unspecified atom stereocenters. The third-order valence-electron chi connectivity index (χ3n) is 2.96. The molecule has 2 heteroatoms. The third-order valence-corrected chi connectivity index (χ3v) is 3.52. The number of aromatic nitrogens is 1. The molecule has 0 fully saturated rings. The molecule has 1 heterocycles. The highest BCUT2D eigenvalue weighted by Gasteiger charge is 1.98. The van der Waals surface area contributed by atoms with Crippen molar-refractivity contribution in [1.82, 2.24) is 4.57 Å². The summed E-state index contributed by atoms with van der Waals surface area (Å²) in [7, 11) is 0. The van der Waals surface area contributed by atoms with Crippen LogP contribution in [0.15, 0.2) is 36.5 Å². The van der Waals surface area contributed by atoms with Crippen LogP contribution in [0.3, 0.4) is 0 Å². The van der Waals surface area contributed by atoms with Gasteiger partial charge in [0.2, 0.25) is 0 Å². The zero-order valence-electron chi connectivity index (χ0n) is 9.53. The molecule has 0 aliphatic carbocycles. The number of hydrogen-bond acceptors (Lipinski definition) is 0. The quantitative estimate of drug-likeness (QED) is 0.538. The van der Waals surface area contributed by atoms with Gasteiger partial charge < -0.3 is 4.57 Å². The second kappa shape index (κ2) is 6.09. The minimum atomic E-state index is 1.14. The summed E-state index contributed by atoms with van der Waals surface area (Å²) in [5.74, 6) is 0. The van der Waals surface area contributed by atoms with Crippen LogP contribution in [0.2, 0.25) is 0 Å². The summed E-state index contributed by atoms with van der Waals surface area (Å²) >= 11 is 3.47. The van der Waals surface area contributed by atoms with Crippen LogP contribution < -0.4 is 0 Å². The van der Waals surface area contributed by atoms with Crippen LogP contribution in [0.4, 0.5) is 0 Å². The summed E-state index contributed by atoms with van der Waals surface area (Å²) < 4.78 is 2.36. The molecule has 2 aromatic rings. The molecule has 1 nitrogen and oxygen atoms in total. The zero-order valence-corrected chi connectivity index (χ0v) is 11.1. The number of rotatable bonds is 6. The second-order valence-electron chi connectivity index (χ2n) is 4.17. The Morgan fingerprint density at radius 2 is 1.75 bits per heavy atom. The van der Waals surface area contributed by atoms with Crippen LogP contribution in [0, 0.1) is 0 Å². The number of halogens is 1. The van der Waals surface area contributed by atoms with Crippen molar-refractivity contribution >= 4 is 26.8 Å². The van der Waals surface area contributed by atoms with Crippen molar-refractivity contribution in [1.29, 1.82) is 0 Å². The lowest BCUT2D eigenvalue weighted by Crippen LogP contribution is -1.95. The Bertz CT molecular complexity index is 433. The van der Waals surface area contributed by atoms with E-state index in [-0.39, 0.29) is 0 Å². The highest BCUT2D eigenvalue weighted by molar-refractivity contribution is 9.09. The molecule has 0 atom stereocenters. The van der Waals surface area contributed by atoms with Crippen molar-refractivity contribution < 1.29 is 0 Å². The van der Waals surface area contributed by atoms with Crippen LogP contribution in [0.5, 0.6) is 0 Å². The monoisotopic (exact) mass is 279 g/mol. The lowest BCUT2D eigenvalue weighted by atomic mass is 10.2. The SMILES string of the molecule is BrCCCCCCn1ccc2ccccc21. The first-order chi connectivity index (χ1) is 7.92. The molecule has 1 aromatic carbocycles. The average Bonchev–Trinajstić information content (AvgIpc) is 2.73. The van der Waals surface area contributed by atoms with Gasteiger partial charge in [-0.25, -0.2) is 0 Å². The molecule has 86 valence electrons. The molecule has 2 rings (SSSR count). The van der Waals surface area contributed by atoms with Gasteiger partial charge >= 0.3 is 0 Å². The van der Waals surface area contributed by atoms with E-state index in [2.05, 4.69) is 57.0 Å². The number of hydrogen-bond donors (Lipinski definition) is 0. The van der Waals surface area contributed by atoms with Gasteiger partial charge in [-0.3, -0.25) is 0 Å². The fourth-order valence-corrected chi connectivity index (χ4v) is 2.46. The lowest BCUT2D eigenvalue weighted by molar-refractivity contribution is 0.596. The van der Waals surface area contributed by atoms with Gasteiger partial charge in [0, 0.05) is 23.6 Å². The minimum absolute atomic E-state index is 1.14. The van der Waals surface area contributed by atoms with Gasteiger partial charge in [0.15, 0.2) is 0 Å². The van der Waals surface area contributed by atoms with Crippen molar-refractivity contribution in [2.45, 2.75) is 32.2 Å². The van der Waals surface area contributed by atoms with Crippen molar-refractivity contribution in [2.75, 3.05) is 5.33 Å². The Hall–Kier alpha value is -0.760. The van der Waals surface area contributed by atoms with Gasteiger partial charge in [0.1, 0.15) is 0 Å². The fourth-order valence-electron chi connectivity index (χ4n) is 2.07. The van der Waals surface area contributed by atoms with E-state index in [1.807, 2.05) is 0 Å². The number of fused-ring (bicyclic) bond motifs is 1. The molecule has 1 aromatic heterocycles. The van der Waals surface area contributed by atoms with Crippen molar-refractivity contribution in [3.05, 3.63) is 36.5 Å². The number of alkyl halides is 1. The Morgan fingerprint density at radius 1 is 0.938 bits per heavy atom. The summed E-state index contributed by atoms with van der Waals surface area (Å²) in [6.45, 7) is 1.15. The molecule has 0 aliphatic heterocycles. The summed E-state index contributed by atoms with van der Waals surface area (Å²) in [5.41, 5.74) is 1.36. The van der Waals surface area contributed by atoms with Crippen LogP contribution in [0.25, 0.3) is 10.9 Å². The first-order valence-electron chi connectivity index (χ1n) is 6.01. The maximum absolute atomic E-state index is 3.47. The molecular weight excluding hydrogens is 262 g/mol. The third kappa shape index (κ3) is 2.88. The van der Waals surface area contributed by atoms with Gasteiger partial charge in [0.05, 0.1) is 0 Å². The Labute approximate surface area is 106 Å². The number of nitrogens with zero attached hydrogens (tertiary/aromatic N) is 1. The zero-order chi connectivity index (χ0) is 11.2. The van der Waals surface area contributed by atoms with E-state index in [0.717, 1.165) is 11.9 Å². The van der Waals surface area contributed by atoms with E-state index in [0.29, 0.717) is 0 Å². The maximum Gasteiger partial charge on any atom is 0.0480 e. The lowest BCUT2D eigenvalue weighted by Gasteiger charge is -2.04. The largest absolute Gasteiger partial charge is 0.347 e. The predicted molar refractivity (Wildman–Crippen MR) is 74.2 cm³/mol. The molecule has 0 bridgehead atoms. The van der Waals surface area contributed by atoms with Gasteiger partial charge in [-0.2, -0.15) is 0 Å². The number of benzene rings is 1. The predicted octanol–water partition coefficient (Wildman–Crippen LogP) is 4.60. The summed E-state index contributed by atoms with van der Waals surface area (Å²) in [6, 6.07) is 10.8. The summed E-state index contributed by atoms with van der Waals surface area (Å²) in [5, 5.41) is 2.49. The molecule has 16 heavy (non-hydrogen) atoms. The second-order valence-corrected chi connectivity index (χ2v) is 4.96. The van der Waals surface area contributed by atoms with Crippen molar-refractivity contribution in [3.63, 3.8) is 0 Å². The maximum atomic E-state index is 3.47. The van der Waals surface area contributed by atoms with Crippen molar-refractivity contribution in [2.24, 2.45) is 0 Å². The molecule has 0 spiro atoms. The molecule has 0 aliphatic rings. The normalized spacial score (nSPS) is 11.1. The van der Waals surface area contributed by atoms with E-state index < -0.39 is 0 Å². The molecule has 0 amide bonds. The smallest absolute Gasteiger partial charge is 0.0480 e. The summed E-state index contributed by atoms with van der Waals surface area (Å²) in [4.78, 5) is 0. The molecular formula is C14H18BrN. The number of unbranched alkanes of at least 4 members (excludes halogenated alkanes) is 3. The highest BCUT2D eigenvalue weighted by Crippen LogP contribution is 2.16. The van der Waals surface area contributed by atoms with Crippen LogP contribution in [-0.2, 0) is 6.54 Å². The molecule has 0 saturated carbocycles. The standard InChI is InChI=1S/C14H18BrN/c15-10-5-1-2-6-11-16-12-9-13-7-3-4-8-14(13)16/h3-4,7-9,12H,1-2,5-6,10-11H2. The van der Waals surface area contributed by atoms with E-state index in [1.54, 1.807) is 0 Å². The van der Waals surface area contributed by atoms with E-state index in [4.69, 9.17) is 0 Å². The Kier molecular flexibility index (Phi) is 4.46. The molecule has 0 radical (unpaired) electrons.